The lowest BCUT2D eigenvalue weighted by Gasteiger charge is -2.11. The van der Waals surface area contributed by atoms with Gasteiger partial charge < -0.3 is 15.2 Å². The number of para-hydroxylation sites is 2. The maximum atomic E-state index is 12.4. The van der Waals surface area contributed by atoms with Gasteiger partial charge in [0.1, 0.15) is 5.70 Å². The van der Waals surface area contributed by atoms with E-state index in [1.54, 1.807) is 48.5 Å². The zero-order valence-corrected chi connectivity index (χ0v) is 12.3. The zero-order chi connectivity index (χ0) is 16.4. The molecule has 0 atom stereocenters. The molecule has 2 aromatic carbocycles. The molecule has 1 aliphatic heterocycles. The molecule has 6 heteroatoms. The number of ether oxygens (including phenoxy) is 1. The second-order valence-electron chi connectivity index (χ2n) is 4.86. The first-order valence-electron chi connectivity index (χ1n) is 6.90. The molecule has 0 saturated carbocycles. The van der Waals surface area contributed by atoms with Crippen molar-refractivity contribution in [2.45, 2.75) is 0 Å². The third-order valence-electron chi connectivity index (χ3n) is 3.44. The van der Waals surface area contributed by atoms with Gasteiger partial charge in [0, 0.05) is 5.56 Å². The van der Waals surface area contributed by atoms with Crippen molar-refractivity contribution >= 4 is 23.7 Å². The minimum absolute atomic E-state index is 0.0856. The Hall–Kier alpha value is -3.28. The molecule has 0 aromatic heterocycles. The number of carbonyl (C=O) groups excluding carboxylic acids is 2. The van der Waals surface area contributed by atoms with Crippen molar-refractivity contribution in [2.75, 3.05) is 12.0 Å². The standard InChI is InChI=1S/C17H14N2O4/c1-23-14-9-5-6-11(15(14)20)10-13-16(21)19(17(22)18-13)12-7-3-2-4-8-12/h2-10,20H,1H3,(H,18,22). The summed E-state index contributed by atoms with van der Waals surface area (Å²) >= 11 is 0. The smallest absolute Gasteiger partial charge is 0.333 e. The maximum Gasteiger partial charge on any atom is 0.333 e. The van der Waals surface area contributed by atoms with Gasteiger partial charge in [0.25, 0.3) is 5.91 Å². The number of aromatic hydroxyl groups is 1. The summed E-state index contributed by atoms with van der Waals surface area (Å²) in [6.07, 6.45) is 1.42. The number of phenols is 1. The molecular weight excluding hydrogens is 296 g/mol. The number of phenolic OH excluding ortho intramolecular Hbond substituents is 1. The normalized spacial score (nSPS) is 15.9. The van der Waals surface area contributed by atoms with Crippen molar-refractivity contribution in [1.82, 2.24) is 5.32 Å². The van der Waals surface area contributed by atoms with Crippen LogP contribution in [0.1, 0.15) is 5.56 Å². The van der Waals surface area contributed by atoms with E-state index in [4.69, 9.17) is 4.74 Å². The number of hydrogen-bond donors (Lipinski definition) is 2. The van der Waals surface area contributed by atoms with Gasteiger partial charge in [-0.25, -0.2) is 9.69 Å². The summed E-state index contributed by atoms with van der Waals surface area (Å²) in [7, 11) is 1.44. The van der Waals surface area contributed by atoms with E-state index in [1.165, 1.54) is 13.2 Å². The van der Waals surface area contributed by atoms with Crippen LogP contribution in [-0.4, -0.2) is 24.2 Å². The number of nitrogens with zero attached hydrogens (tertiary/aromatic N) is 1. The number of rotatable bonds is 3. The van der Waals surface area contributed by atoms with Crippen LogP contribution in [0.25, 0.3) is 6.08 Å². The molecule has 1 saturated heterocycles. The second kappa shape index (κ2) is 5.84. The third kappa shape index (κ3) is 2.62. The van der Waals surface area contributed by atoms with Crippen LogP contribution < -0.4 is 15.0 Å². The molecule has 6 nitrogen and oxygen atoms in total. The summed E-state index contributed by atoms with van der Waals surface area (Å²) in [6.45, 7) is 0. The van der Waals surface area contributed by atoms with Crippen molar-refractivity contribution < 1.29 is 19.4 Å². The van der Waals surface area contributed by atoms with Crippen molar-refractivity contribution in [1.29, 1.82) is 0 Å². The summed E-state index contributed by atoms with van der Waals surface area (Å²) in [6, 6.07) is 13.0. The highest BCUT2D eigenvalue weighted by Crippen LogP contribution is 2.31. The van der Waals surface area contributed by atoms with Gasteiger partial charge in [0.15, 0.2) is 11.5 Å². The zero-order valence-electron chi connectivity index (χ0n) is 12.3. The molecule has 1 aliphatic rings. The van der Waals surface area contributed by atoms with Crippen LogP contribution in [-0.2, 0) is 4.79 Å². The van der Waals surface area contributed by atoms with Crippen LogP contribution in [0.15, 0.2) is 54.2 Å². The number of carbonyl (C=O) groups is 2. The van der Waals surface area contributed by atoms with E-state index in [0.29, 0.717) is 11.3 Å². The Morgan fingerprint density at radius 3 is 2.52 bits per heavy atom. The highest BCUT2D eigenvalue weighted by atomic mass is 16.5. The fraction of sp³-hybridized carbons (Fsp3) is 0.0588. The Balaban J connectivity index is 1.97. The van der Waals surface area contributed by atoms with Gasteiger partial charge in [0.05, 0.1) is 12.8 Å². The van der Waals surface area contributed by atoms with E-state index in [0.717, 1.165) is 4.90 Å². The van der Waals surface area contributed by atoms with Crippen molar-refractivity contribution in [2.24, 2.45) is 0 Å². The molecule has 1 heterocycles. The minimum Gasteiger partial charge on any atom is -0.504 e. The fourth-order valence-corrected chi connectivity index (χ4v) is 2.32. The van der Waals surface area contributed by atoms with Crippen LogP contribution in [0.2, 0.25) is 0 Å². The highest BCUT2D eigenvalue weighted by molar-refractivity contribution is 6.28. The number of benzene rings is 2. The third-order valence-corrected chi connectivity index (χ3v) is 3.44. The van der Waals surface area contributed by atoms with E-state index < -0.39 is 11.9 Å². The van der Waals surface area contributed by atoms with E-state index in [1.807, 2.05) is 0 Å². The van der Waals surface area contributed by atoms with Crippen LogP contribution in [0.5, 0.6) is 11.5 Å². The lowest BCUT2D eigenvalue weighted by Crippen LogP contribution is -2.30. The topological polar surface area (TPSA) is 78.9 Å². The first kappa shape index (κ1) is 14.6. The van der Waals surface area contributed by atoms with E-state index in [-0.39, 0.29) is 17.2 Å². The molecule has 2 aromatic rings. The quantitative estimate of drug-likeness (QED) is 0.674. The van der Waals surface area contributed by atoms with Gasteiger partial charge in [0.2, 0.25) is 0 Å². The van der Waals surface area contributed by atoms with Gasteiger partial charge in [-0.15, -0.1) is 0 Å². The lowest BCUT2D eigenvalue weighted by atomic mass is 10.1. The van der Waals surface area contributed by atoms with Gasteiger partial charge >= 0.3 is 6.03 Å². The average Bonchev–Trinajstić information content (AvgIpc) is 2.84. The molecule has 0 bridgehead atoms. The average molecular weight is 310 g/mol. The number of anilines is 1. The first-order chi connectivity index (χ1) is 11.1. The SMILES string of the molecule is COc1cccc(C=C2NC(=O)N(c3ccccc3)C2=O)c1O. The number of urea groups is 1. The van der Waals surface area contributed by atoms with Crippen molar-refractivity contribution in [3.8, 4) is 11.5 Å². The van der Waals surface area contributed by atoms with Crippen molar-refractivity contribution in [3.63, 3.8) is 0 Å². The Morgan fingerprint density at radius 2 is 1.83 bits per heavy atom. The molecular formula is C17H14N2O4. The van der Waals surface area contributed by atoms with Crippen LogP contribution in [0, 0.1) is 0 Å². The predicted octanol–water partition coefficient (Wildman–Crippen LogP) is 2.50. The van der Waals surface area contributed by atoms with Gasteiger partial charge in [-0.1, -0.05) is 30.3 Å². The maximum absolute atomic E-state index is 12.4. The lowest BCUT2D eigenvalue weighted by molar-refractivity contribution is -0.113. The van der Waals surface area contributed by atoms with E-state index in [2.05, 4.69) is 5.32 Å². The summed E-state index contributed by atoms with van der Waals surface area (Å²) in [4.78, 5) is 25.6. The van der Waals surface area contributed by atoms with Crippen LogP contribution in [0.4, 0.5) is 10.5 Å². The van der Waals surface area contributed by atoms with E-state index in [9.17, 15) is 14.7 Å². The number of methoxy groups -OCH3 is 1. The van der Waals surface area contributed by atoms with Gasteiger partial charge in [-0.05, 0) is 24.3 Å². The van der Waals surface area contributed by atoms with E-state index >= 15 is 0 Å². The summed E-state index contributed by atoms with van der Waals surface area (Å²) < 4.78 is 5.03. The number of hydrogen-bond acceptors (Lipinski definition) is 4. The summed E-state index contributed by atoms with van der Waals surface area (Å²) in [5.74, 6) is -0.290. The molecule has 0 aliphatic carbocycles. The Bertz CT molecular complexity index is 799. The fourth-order valence-electron chi connectivity index (χ4n) is 2.32. The van der Waals surface area contributed by atoms with Crippen LogP contribution in [0.3, 0.4) is 0 Å². The molecule has 0 radical (unpaired) electrons. The van der Waals surface area contributed by atoms with Crippen molar-refractivity contribution in [3.05, 3.63) is 59.8 Å². The molecule has 23 heavy (non-hydrogen) atoms. The monoisotopic (exact) mass is 310 g/mol. The molecule has 116 valence electrons. The first-order valence-corrected chi connectivity index (χ1v) is 6.90. The highest BCUT2D eigenvalue weighted by Gasteiger charge is 2.34. The number of nitrogens with one attached hydrogen (secondary N) is 1. The Kier molecular flexibility index (Phi) is 3.72. The second-order valence-corrected chi connectivity index (χ2v) is 4.86. The number of amides is 3. The molecule has 2 N–H and O–H groups in total. The van der Waals surface area contributed by atoms with Gasteiger partial charge in [-0.3, -0.25) is 4.79 Å². The van der Waals surface area contributed by atoms with Crippen LogP contribution >= 0.6 is 0 Å². The Labute approximate surface area is 132 Å². The molecule has 0 spiro atoms. The van der Waals surface area contributed by atoms with Gasteiger partial charge in [-0.2, -0.15) is 0 Å². The predicted molar refractivity (Wildman–Crippen MR) is 85.1 cm³/mol. The minimum atomic E-state index is -0.533. The molecule has 3 amide bonds. The largest absolute Gasteiger partial charge is 0.504 e. The summed E-state index contributed by atoms with van der Waals surface area (Å²) in [5.41, 5.74) is 0.943. The molecule has 0 unspecified atom stereocenters. The molecule has 1 fully saturated rings. The molecule has 3 rings (SSSR count). The Morgan fingerprint density at radius 1 is 1.09 bits per heavy atom. The number of imide groups is 1. The summed E-state index contributed by atoms with van der Waals surface area (Å²) in [5, 5.41) is 12.6.